The number of hydrogen-bond donors (Lipinski definition) is 2. The van der Waals surface area contributed by atoms with Crippen molar-refractivity contribution in [3.63, 3.8) is 0 Å². The van der Waals surface area contributed by atoms with Crippen LogP contribution < -0.4 is 11.1 Å². The summed E-state index contributed by atoms with van der Waals surface area (Å²) in [6.07, 6.45) is 4.83. The minimum atomic E-state index is -0.417. The summed E-state index contributed by atoms with van der Waals surface area (Å²) >= 11 is 0. The van der Waals surface area contributed by atoms with E-state index < -0.39 is 5.69 Å². The van der Waals surface area contributed by atoms with Gasteiger partial charge in [0.1, 0.15) is 5.82 Å². The Morgan fingerprint density at radius 2 is 1.95 bits per heavy atom. The fraction of sp³-hybridized carbons (Fsp3) is 0. The lowest BCUT2D eigenvalue weighted by molar-refractivity contribution is 1.06. The van der Waals surface area contributed by atoms with Gasteiger partial charge in [-0.05, 0) is 18.2 Å². The van der Waals surface area contributed by atoms with Crippen molar-refractivity contribution in [2.45, 2.75) is 0 Å². The van der Waals surface area contributed by atoms with E-state index in [-0.39, 0.29) is 0 Å². The molecule has 98 valence electrons. The van der Waals surface area contributed by atoms with Crippen molar-refractivity contribution in [1.29, 1.82) is 0 Å². The third kappa shape index (κ3) is 2.54. The second-order valence-electron chi connectivity index (χ2n) is 4.08. The van der Waals surface area contributed by atoms with Crippen LogP contribution in [0.2, 0.25) is 0 Å². The highest BCUT2D eigenvalue weighted by Crippen LogP contribution is 2.14. The Labute approximate surface area is 114 Å². The molecule has 3 rings (SSSR count). The van der Waals surface area contributed by atoms with E-state index in [2.05, 4.69) is 25.5 Å². The molecule has 0 saturated heterocycles. The maximum absolute atomic E-state index is 11.0. The van der Waals surface area contributed by atoms with E-state index in [0.29, 0.717) is 5.82 Å². The molecule has 0 bridgehead atoms. The largest absolute Gasteiger partial charge is 0.346 e. The number of benzene rings is 1. The van der Waals surface area contributed by atoms with Gasteiger partial charge in [0.2, 0.25) is 0 Å². The van der Waals surface area contributed by atoms with Crippen molar-refractivity contribution in [2.24, 2.45) is 5.10 Å². The zero-order valence-electron chi connectivity index (χ0n) is 10.4. The maximum atomic E-state index is 11.0. The van der Waals surface area contributed by atoms with Crippen molar-refractivity contribution in [3.05, 3.63) is 64.8 Å². The molecule has 0 fully saturated rings. The molecule has 2 N–H and O–H groups in total. The Morgan fingerprint density at radius 3 is 2.85 bits per heavy atom. The summed E-state index contributed by atoms with van der Waals surface area (Å²) in [4.78, 5) is 21.4. The van der Waals surface area contributed by atoms with Crippen molar-refractivity contribution in [1.82, 2.24) is 15.0 Å². The number of anilines is 1. The standard InChI is InChI=1S/C14H11N5O/c20-14-16-8-6-13(18-14)19-17-9-10-5-7-15-12-4-2-1-3-11(10)12/h1-9H,(H2,16,18,19,20)/b17-9-. The molecule has 0 saturated carbocycles. The van der Waals surface area contributed by atoms with Crippen LogP contribution in [0.4, 0.5) is 5.82 Å². The summed E-state index contributed by atoms with van der Waals surface area (Å²) in [5.41, 5.74) is 4.19. The summed E-state index contributed by atoms with van der Waals surface area (Å²) in [6.45, 7) is 0. The average molecular weight is 265 g/mol. The summed E-state index contributed by atoms with van der Waals surface area (Å²) in [5, 5.41) is 5.12. The van der Waals surface area contributed by atoms with E-state index in [4.69, 9.17) is 0 Å². The summed E-state index contributed by atoms with van der Waals surface area (Å²) in [6, 6.07) is 11.3. The Hall–Kier alpha value is -3.02. The number of nitrogens with one attached hydrogen (secondary N) is 2. The van der Waals surface area contributed by atoms with Crippen LogP contribution in [0.3, 0.4) is 0 Å². The molecule has 0 aliphatic heterocycles. The number of para-hydroxylation sites is 1. The number of rotatable bonds is 3. The lowest BCUT2D eigenvalue weighted by Gasteiger charge is -2.01. The van der Waals surface area contributed by atoms with Gasteiger partial charge in [0.25, 0.3) is 0 Å². The van der Waals surface area contributed by atoms with Crippen LogP contribution in [0.25, 0.3) is 10.9 Å². The van der Waals surface area contributed by atoms with Crippen molar-refractivity contribution < 1.29 is 0 Å². The summed E-state index contributed by atoms with van der Waals surface area (Å²) in [5.74, 6) is 0.486. The number of aromatic amines is 1. The zero-order valence-corrected chi connectivity index (χ0v) is 10.4. The quantitative estimate of drug-likeness (QED) is 0.558. The van der Waals surface area contributed by atoms with Crippen molar-refractivity contribution in [2.75, 3.05) is 5.43 Å². The number of fused-ring (bicyclic) bond motifs is 1. The Kier molecular flexibility index (Phi) is 3.20. The fourth-order valence-electron chi connectivity index (χ4n) is 1.84. The van der Waals surface area contributed by atoms with Gasteiger partial charge in [-0.2, -0.15) is 5.10 Å². The minimum absolute atomic E-state index is 0.417. The lowest BCUT2D eigenvalue weighted by Crippen LogP contribution is -2.10. The number of hydrazone groups is 1. The highest BCUT2D eigenvalue weighted by Gasteiger charge is 1.98. The van der Waals surface area contributed by atoms with Crippen LogP contribution in [0, 0.1) is 0 Å². The van der Waals surface area contributed by atoms with Gasteiger partial charge < -0.3 is 0 Å². The van der Waals surface area contributed by atoms with Gasteiger partial charge in [-0.1, -0.05) is 18.2 Å². The van der Waals surface area contributed by atoms with Crippen LogP contribution >= 0.6 is 0 Å². The van der Waals surface area contributed by atoms with Gasteiger partial charge in [0.15, 0.2) is 0 Å². The summed E-state index contributed by atoms with van der Waals surface area (Å²) in [7, 11) is 0. The first-order valence-electron chi connectivity index (χ1n) is 6.01. The average Bonchev–Trinajstić information content (AvgIpc) is 2.48. The van der Waals surface area contributed by atoms with E-state index in [1.54, 1.807) is 18.5 Å². The van der Waals surface area contributed by atoms with E-state index in [1.165, 1.54) is 6.20 Å². The topological polar surface area (TPSA) is 83.0 Å². The number of nitrogens with zero attached hydrogens (tertiary/aromatic N) is 3. The number of hydrogen-bond acceptors (Lipinski definition) is 5. The van der Waals surface area contributed by atoms with Gasteiger partial charge in [-0.3, -0.25) is 15.4 Å². The lowest BCUT2D eigenvalue weighted by atomic mass is 10.1. The minimum Gasteiger partial charge on any atom is -0.291 e. The zero-order chi connectivity index (χ0) is 13.8. The van der Waals surface area contributed by atoms with Gasteiger partial charge in [0, 0.05) is 23.3 Å². The SMILES string of the molecule is O=c1nccc(N/N=C\c2ccnc3ccccc23)[nH]1. The predicted octanol–water partition coefficient (Wildman–Crippen LogP) is 1.76. The van der Waals surface area contributed by atoms with Gasteiger partial charge >= 0.3 is 5.69 Å². The van der Waals surface area contributed by atoms with Crippen LogP contribution in [-0.2, 0) is 0 Å². The Bertz CT molecular complexity index is 819. The molecule has 2 aromatic heterocycles. The van der Waals surface area contributed by atoms with E-state index >= 15 is 0 Å². The van der Waals surface area contributed by atoms with Crippen LogP contribution in [0.15, 0.2) is 58.7 Å². The second-order valence-corrected chi connectivity index (χ2v) is 4.08. The first kappa shape index (κ1) is 12.0. The maximum Gasteiger partial charge on any atom is 0.346 e. The summed E-state index contributed by atoms with van der Waals surface area (Å²) < 4.78 is 0. The molecule has 0 atom stereocenters. The van der Waals surface area contributed by atoms with Gasteiger partial charge in [-0.15, -0.1) is 0 Å². The molecule has 20 heavy (non-hydrogen) atoms. The fourth-order valence-corrected chi connectivity index (χ4v) is 1.84. The van der Waals surface area contributed by atoms with Crippen LogP contribution in [0.5, 0.6) is 0 Å². The molecule has 0 radical (unpaired) electrons. The Balaban J connectivity index is 1.86. The molecule has 2 heterocycles. The van der Waals surface area contributed by atoms with Crippen LogP contribution in [-0.4, -0.2) is 21.2 Å². The molecular formula is C14H11N5O. The molecule has 6 heteroatoms. The van der Waals surface area contributed by atoms with Gasteiger partial charge in [-0.25, -0.2) is 9.78 Å². The van der Waals surface area contributed by atoms with E-state index in [9.17, 15) is 4.79 Å². The number of H-pyrrole nitrogens is 1. The molecule has 1 aromatic carbocycles. The second kappa shape index (κ2) is 5.31. The van der Waals surface area contributed by atoms with Crippen molar-refractivity contribution in [3.8, 4) is 0 Å². The third-order valence-corrected chi connectivity index (χ3v) is 2.75. The first-order chi connectivity index (χ1) is 9.83. The molecule has 0 amide bonds. The first-order valence-corrected chi connectivity index (χ1v) is 6.01. The van der Waals surface area contributed by atoms with Crippen LogP contribution in [0.1, 0.15) is 5.56 Å². The number of aromatic nitrogens is 3. The van der Waals surface area contributed by atoms with Crippen molar-refractivity contribution >= 4 is 22.9 Å². The monoisotopic (exact) mass is 265 g/mol. The van der Waals surface area contributed by atoms with Gasteiger partial charge in [0.05, 0.1) is 11.7 Å². The molecule has 0 unspecified atom stereocenters. The Morgan fingerprint density at radius 1 is 1.10 bits per heavy atom. The highest BCUT2D eigenvalue weighted by atomic mass is 16.1. The molecule has 6 nitrogen and oxygen atoms in total. The molecular weight excluding hydrogens is 254 g/mol. The van der Waals surface area contributed by atoms with E-state index in [1.807, 2.05) is 30.3 Å². The molecule has 0 aliphatic rings. The third-order valence-electron chi connectivity index (χ3n) is 2.75. The molecule has 3 aromatic rings. The molecule has 0 spiro atoms. The smallest absolute Gasteiger partial charge is 0.291 e. The highest BCUT2D eigenvalue weighted by molar-refractivity contribution is 5.98. The molecule has 0 aliphatic carbocycles. The normalized spacial score (nSPS) is 11.0. The number of pyridine rings is 1. The van der Waals surface area contributed by atoms with E-state index in [0.717, 1.165) is 16.5 Å². The predicted molar refractivity (Wildman–Crippen MR) is 77.8 cm³/mol.